The van der Waals surface area contributed by atoms with Gasteiger partial charge in [0.15, 0.2) is 0 Å². The standard InChI is InChI=1S/C19H25NO3/c1-13(2)23-20(15-10-8-7-9-11-15)18(21)16-12-17(19(4,5)6)22-14(16)3/h7-13H,1-6H3. The fourth-order valence-corrected chi connectivity index (χ4v) is 2.17. The second-order valence-corrected chi connectivity index (χ2v) is 6.92. The molecule has 1 aromatic heterocycles. The van der Waals surface area contributed by atoms with E-state index < -0.39 is 0 Å². The summed E-state index contributed by atoms with van der Waals surface area (Å²) in [5.74, 6) is 1.17. The molecule has 0 spiro atoms. The first-order valence-corrected chi connectivity index (χ1v) is 7.87. The molecule has 0 saturated heterocycles. The summed E-state index contributed by atoms with van der Waals surface area (Å²) in [4.78, 5) is 18.7. The van der Waals surface area contributed by atoms with Crippen molar-refractivity contribution in [2.45, 2.75) is 53.1 Å². The van der Waals surface area contributed by atoms with Crippen LogP contribution in [0.2, 0.25) is 0 Å². The summed E-state index contributed by atoms with van der Waals surface area (Å²) in [6, 6.07) is 11.2. The molecule has 0 radical (unpaired) electrons. The summed E-state index contributed by atoms with van der Waals surface area (Å²) in [5, 5.41) is 1.34. The first kappa shape index (κ1) is 17.3. The molecule has 0 unspecified atom stereocenters. The molecular formula is C19H25NO3. The summed E-state index contributed by atoms with van der Waals surface area (Å²) in [6.07, 6.45) is -0.117. The monoisotopic (exact) mass is 315 g/mol. The molecule has 1 amide bonds. The Bertz CT molecular complexity index is 666. The molecule has 2 rings (SSSR count). The van der Waals surface area contributed by atoms with Gasteiger partial charge in [-0.15, -0.1) is 0 Å². The van der Waals surface area contributed by atoms with E-state index in [1.54, 1.807) is 6.92 Å². The highest BCUT2D eigenvalue weighted by Crippen LogP contribution is 2.29. The maximum Gasteiger partial charge on any atom is 0.285 e. The highest BCUT2D eigenvalue weighted by Gasteiger charge is 2.27. The van der Waals surface area contributed by atoms with Gasteiger partial charge in [-0.3, -0.25) is 9.63 Å². The second kappa shape index (κ2) is 6.59. The zero-order chi connectivity index (χ0) is 17.2. The lowest BCUT2D eigenvalue weighted by Gasteiger charge is -2.23. The quantitative estimate of drug-likeness (QED) is 0.756. The lowest BCUT2D eigenvalue weighted by atomic mass is 9.93. The van der Waals surface area contributed by atoms with E-state index in [-0.39, 0.29) is 17.4 Å². The van der Waals surface area contributed by atoms with Gasteiger partial charge in [-0.05, 0) is 39.0 Å². The van der Waals surface area contributed by atoms with E-state index >= 15 is 0 Å². The molecule has 2 aromatic rings. The molecule has 1 aromatic carbocycles. The van der Waals surface area contributed by atoms with Crippen LogP contribution in [0.4, 0.5) is 5.69 Å². The maximum atomic E-state index is 13.0. The van der Waals surface area contributed by atoms with E-state index in [9.17, 15) is 4.79 Å². The number of anilines is 1. The SMILES string of the molecule is Cc1oc(C(C)(C)C)cc1C(=O)N(OC(C)C)c1ccccc1. The van der Waals surface area contributed by atoms with Crippen molar-refractivity contribution >= 4 is 11.6 Å². The number of hydrogen-bond donors (Lipinski definition) is 0. The Morgan fingerprint density at radius 3 is 2.26 bits per heavy atom. The topological polar surface area (TPSA) is 42.7 Å². The van der Waals surface area contributed by atoms with Crippen LogP contribution in [-0.2, 0) is 10.3 Å². The average molecular weight is 315 g/mol. The third-order valence-electron chi connectivity index (χ3n) is 3.38. The zero-order valence-electron chi connectivity index (χ0n) is 14.7. The Morgan fingerprint density at radius 2 is 1.78 bits per heavy atom. The van der Waals surface area contributed by atoms with Gasteiger partial charge in [-0.2, -0.15) is 5.06 Å². The predicted molar refractivity (Wildman–Crippen MR) is 91.6 cm³/mol. The molecular weight excluding hydrogens is 290 g/mol. The van der Waals surface area contributed by atoms with Crippen LogP contribution in [0.5, 0.6) is 0 Å². The van der Waals surface area contributed by atoms with Crippen molar-refractivity contribution in [3.63, 3.8) is 0 Å². The lowest BCUT2D eigenvalue weighted by Crippen LogP contribution is -2.33. The summed E-state index contributed by atoms with van der Waals surface area (Å²) < 4.78 is 5.79. The van der Waals surface area contributed by atoms with Crippen molar-refractivity contribution in [3.05, 3.63) is 53.5 Å². The van der Waals surface area contributed by atoms with Crippen molar-refractivity contribution in [1.82, 2.24) is 0 Å². The van der Waals surface area contributed by atoms with Crippen LogP contribution in [0.15, 0.2) is 40.8 Å². The fourth-order valence-electron chi connectivity index (χ4n) is 2.17. The van der Waals surface area contributed by atoms with Crippen LogP contribution < -0.4 is 5.06 Å². The summed E-state index contributed by atoms with van der Waals surface area (Å²) >= 11 is 0. The van der Waals surface area contributed by atoms with Crippen molar-refractivity contribution < 1.29 is 14.0 Å². The van der Waals surface area contributed by atoms with Gasteiger partial charge in [0, 0.05) is 5.41 Å². The molecule has 0 fully saturated rings. The lowest BCUT2D eigenvalue weighted by molar-refractivity contribution is 0.0419. The normalized spacial score (nSPS) is 11.8. The molecule has 124 valence electrons. The van der Waals surface area contributed by atoms with Crippen LogP contribution in [0.3, 0.4) is 0 Å². The molecule has 4 nitrogen and oxygen atoms in total. The third-order valence-corrected chi connectivity index (χ3v) is 3.38. The Hall–Kier alpha value is -2.07. The smallest absolute Gasteiger partial charge is 0.285 e. The number of carbonyl (C=O) groups excluding carboxylic acids is 1. The van der Waals surface area contributed by atoms with Crippen LogP contribution in [0.25, 0.3) is 0 Å². The zero-order valence-corrected chi connectivity index (χ0v) is 14.7. The number of rotatable bonds is 4. The average Bonchev–Trinajstić information content (AvgIpc) is 2.87. The van der Waals surface area contributed by atoms with E-state index in [0.29, 0.717) is 17.0 Å². The first-order chi connectivity index (χ1) is 10.7. The predicted octanol–water partition coefficient (Wildman–Crippen LogP) is 4.87. The van der Waals surface area contributed by atoms with Crippen LogP contribution in [0, 0.1) is 6.92 Å². The summed E-state index contributed by atoms with van der Waals surface area (Å²) in [5.41, 5.74) is 1.07. The van der Waals surface area contributed by atoms with Gasteiger partial charge in [0.05, 0.1) is 17.4 Å². The third kappa shape index (κ3) is 4.02. The molecule has 0 aliphatic carbocycles. The van der Waals surface area contributed by atoms with Crippen molar-refractivity contribution in [2.24, 2.45) is 0 Å². The largest absolute Gasteiger partial charge is 0.465 e. The van der Waals surface area contributed by atoms with Crippen LogP contribution >= 0.6 is 0 Å². The molecule has 4 heteroatoms. The van der Waals surface area contributed by atoms with Gasteiger partial charge in [0.2, 0.25) is 0 Å². The van der Waals surface area contributed by atoms with Gasteiger partial charge in [-0.25, -0.2) is 0 Å². The molecule has 0 atom stereocenters. The van der Waals surface area contributed by atoms with Crippen molar-refractivity contribution in [2.75, 3.05) is 5.06 Å². The number of carbonyl (C=O) groups is 1. The number of hydroxylamine groups is 1. The molecule has 0 aliphatic heterocycles. The van der Waals surface area contributed by atoms with Gasteiger partial charge < -0.3 is 4.42 Å². The summed E-state index contributed by atoms with van der Waals surface area (Å²) in [7, 11) is 0. The number of nitrogens with zero attached hydrogens (tertiary/aromatic N) is 1. The van der Waals surface area contributed by atoms with Gasteiger partial charge >= 0.3 is 0 Å². The van der Waals surface area contributed by atoms with Gasteiger partial charge in [0.25, 0.3) is 5.91 Å². The first-order valence-electron chi connectivity index (χ1n) is 7.87. The van der Waals surface area contributed by atoms with Crippen LogP contribution in [0.1, 0.15) is 56.5 Å². The Balaban J connectivity index is 2.40. The molecule has 0 aliphatic rings. The molecule has 23 heavy (non-hydrogen) atoms. The van der Waals surface area contributed by atoms with Gasteiger partial charge in [-0.1, -0.05) is 39.0 Å². The Labute approximate surface area is 138 Å². The molecule has 0 N–H and O–H groups in total. The second-order valence-electron chi connectivity index (χ2n) is 6.92. The minimum absolute atomic E-state index is 0.117. The maximum absolute atomic E-state index is 13.0. The number of amides is 1. The highest BCUT2D eigenvalue weighted by atomic mass is 16.7. The molecule has 0 bridgehead atoms. The molecule has 0 saturated carbocycles. The van der Waals surface area contributed by atoms with Gasteiger partial charge in [0.1, 0.15) is 11.5 Å². The van der Waals surface area contributed by atoms with E-state index in [2.05, 4.69) is 20.8 Å². The van der Waals surface area contributed by atoms with Crippen molar-refractivity contribution in [3.8, 4) is 0 Å². The Kier molecular flexibility index (Phi) is 4.95. The van der Waals surface area contributed by atoms with E-state index in [1.807, 2.05) is 50.2 Å². The minimum atomic E-state index is -0.221. The number of benzene rings is 1. The van der Waals surface area contributed by atoms with E-state index in [0.717, 1.165) is 5.76 Å². The van der Waals surface area contributed by atoms with Crippen molar-refractivity contribution in [1.29, 1.82) is 0 Å². The van der Waals surface area contributed by atoms with E-state index in [1.165, 1.54) is 5.06 Å². The highest BCUT2D eigenvalue weighted by molar-refractivity contribution is 6.05. The molecule has 1 heterocycles. The number of furan rings is 1. The summed E-state index contributed by atoms with van der Waals surface area (Å²) in [6.45, 7) is 11.8. The van der Waals surface area contributed by atoms with E-state index in [4.69, 9.17) is 9.25 Å². The van der Waals surface area contributed by atoms with Crippen LogP contribution in [-0.4, -0.2) is 12.0 Å². The number of hydrogen-bond acceptors (Lipinski definition) is 3. The minimum Gasteiger partial charge on any atom is -0.465 e. The Morgan fingerprint density at radius 1 is 1.17 bits per heavy atom. The number of para-hydroxylation sites is 1. The fraction of sp³-hybridized carbons (Fsp3) is 0.421. The number of aryl methyl sites for hydroxylation is 1.